The third kappa shape index (κ3) is 2.13. The molecule has 3 aliphatic rings. The molecule has 2 N–H and O–H groups in total. The number of aromatic amines is 1. The highest BCUT2D eigenvalue weighted by atomic mass is 16.5. The van der Waals surface area contributed by atoms with Crippen molar-refractivity contribution < 1.29 is 9.53 Å². The Morgan fingerprint density at radius 2 is 2.15 bits per heavy atom. The maximum Gasteiger partial charge on any atom is 0.277 e. The summed E-state index contributed by atoms with van der Waals surface area (Å²) in [5.41, 5.74) is 6.66. The summed E-state index contributed by atoms with van der Waals surface area (Å²) in [6.45, 7) is 0. The number of fused-ring (bicyclic) bond motifs is 1. The Balaban J connectivity index is 1.62. The number of aromatic nitrogens is 1. The molecule has 0 unspecified atom stereocenters. The SMILES string of the molecule is O=C1NN=C(OC2CC2)/C1=C\c1cc2c([nH]1)CCCC2. The number of aryl methyl sites for hydroxylation is 2. The fraction of sp³-hybridized carbons (Fsp3) is 0.467. The monoisotopic (exact) mass is 271 g/mol. The molecule has 4 rings (SSSR count). The van der Waals surface area contributed by atoms with Crippen LogP contribution in [0.3, 0.4) is 0 Å². The van der Waals surface area contributed by atoms with Gasteiger partial charge in [-0.1, -0.05) is 0 Å². The summed E-state index contributed by atoms with van der Waals surface area (Å²) in [6, 6.07) is 2.14. The van der Waals surface area contributed by atoms with Crippen LogP contribution in [-0.2, 0) is 22.4 Å². The molecule has 2 aliphatic carbocycles. The quantitative estimate of drug-likeness (QED) is 0.807. The third-order valence-corrected chi connectivity index (χ3v) is 3.97. The topological polar surface area (TPSA) is 66.5 Å². The molecular formula is C15H17N3O2. The first-order valence-electron chi connectivity index (χ1n) is 7.27. The van der Waals surface area contributed by atoms with E-state index in [0.29, 0.717) is 11.5 Å². The van der Waals surface area contributed by atoms with Gasteiger partial charge in [0, 0.05) is 11.4 Å². The summed E-state index contributed by atoms with van der Waals surface area (Å²) in [4.78, 5) is 15.2. The van der Waals surface area contributed by atoms with E-state index in [-0.39, 0.29) is 12.0 Å². The van der Waals surface area contributed by atoms with E-state index in [9.17, 15) is 4.79 Å². The van der Waals surface area contributed by atoms with E-state index < -0.39 is 0 Å². The molecule has 1 aromatic heterocycles. The number of carbonyl (C=O) groups is 1. The van der Waals surface area contributed by atoms with Crippen LogP contribution in [0.5, 0.6) is 0 Å². The summed E-state index contributed by atoms with van der Waals surface area (Å²) in [6.07, 6.45) is 8.91. The minimum atomic E-state index is -0.187. The van der Waals surface area contributed by atoms with E-state index in [2.05, 4.69) is 21.6 Å². The van der Waals surface area contributed by atoms with Gasteiger partial charge in [0.2, 0.25) is 5.90 Å². The lowest BCUT2D eigenvalue weighted by atomic mass is 9.98. The first kappa shape index (κ1) is 11.8. The molecule has 1 fully saturated rings. The molecule has 5 nitrogen and oxygen atoms in total. The van der Waals surface area contributed by atoms with E-state index in [0.717, 1.165) is 31.4 Å². The summed E-state index contributed by atoms with van der Waals surface area (Å²) in [7, 11) is 0. The van der Waals surface area contributed by atoms with Gasteiger partial charge in [-0.25, -0.2) is 5.43 Å². The van der Waals surface area contributed by atoms with Crippen molar-refractivity contribution in [3.63, 3.8) is 0 Å². The van der Waals surface area contributed by atoms with Crippen molar-refractivity contribution in [1.82, 2.24) is 10.4 Å². The molecule has 0 spiro atoms. The smallest absolute Gasteiger partial charge is 0.277 e. The van der Waals surface area contributed by atoms with Crippen molar-refractivity contribution in [3.8, 4) is 0 Å². The Bertz CT molecular complexity index is 600. The zero-order chi connectivity index (χ0) is 13.5. The second-order valence-electron chi connectivity index (χ2n) is 5.67. The Labute approximate surface area is 117 Å². The Kier molecular flexibility index (Phi) is 2.65. The first-order chi connectivity index (χ1) is 9.79. The molecule has 5 heteroatoms. The van der Waals surface area contributed by atoms with Crippen molar-refractivity contribution in [3.05, 3.63) is 28.6 Å². The standard InChI is InChI=1S/C15H17N3O2/c19-14-12(15(18-17-14)20-11-5-6-11)8-10-7-9-3-1-2-4-13(9)16-10/h7-8,11,16H,1-6H2,(H,17,19)/b12-8-. The van der Waals surface area contributed by atoms with E-state index in [1.807, 2.05) is 6.08 Å². The second-order valence-corrected chi connectivity index (χ2v) is 5.67. The Morgan fingerprint density at radius 3 is 2.95 bits per heavy atom. The molecule has 20 heavy (non-hydrogen) atoms. The van der Waals surface area contributed by atoms with Crippen LogP contribution in [0, 0.1) is 0 Å². The number of hydrogen-bond donors (Lipinski definition) is 2. The fourth-order valence-corrected chi connectivity index (χ4v) is 2.74. The maximum atomic E-state index is 11.8. The summed E-state index contributed by atoms with van der Waals surface area (Å²) < 4.78 is 5.66. The molecule has 1 aromatic rings. The van der Waals surface area contributed by atoms with Gasteiger partial charge in [-0.3, -0.25) is 4.79 Å². The van der Waals surface area contributed by atoms with E-state index in [1.165, 1.54) is 24.1 Å². The number of rotatable bonds is 2. The highest BCUT2D eigenvalue weighted by Crippen LogP contribution is 2.27. The van der Waals surface area contributed by atoms with Gasteiger partial charge in [0.15, 0.2) is 0 Å². The summed E-state index contributed by atoms with van der Waals surface area (Å²) in [5.74, 6) is 0.248. The molecule has 0 aromatic carbocycles. The van der Waals surface area contributed by atoms with E-state index >= 15 is 0 Å². The molecule has 2 heterocycles. The maximum absolute atomic E-state index is 11.8. The van der Waals surface area contributed by atoms with E-state index in [1.54, 1.807) is 0 Å². The lowest BCUT2D eigenvalue weighted by Crippen LogP contribution is -2.14. The molecule has 1 saturated carbocycles. The number of hydrogen-bond acceptors (Lipinski definition) is 3. The normalized spacial score (nSPS) is 23.5. The lowest BCUT2D eigenvalue weighted by molar-refractivity contribution is -0.116. The zero-order valence-electron chi connectivity index (χ0n) is 11.2. The highest BCUT2D eigenvalue weighted by molar-refractivity contribution is 6.24. The average Bonchev–Trinajstić information content (AvgIpc) is 3.07. The zero-order valence-corrected chi connectivity index (χ0v) is 11.2. The largest absolute Gasteiger partial charge is 0.473 e. The van der Waals surface area contributed by atoms with Gasteiger partial charge in [0.05, 0.1) is 0 Å². The van der Waals surface area contributed by atoms with Gasteiger partial charge in [-0.15, -0.1) is 5.10 Å². The van der Waals surface area contributed by atoms with Crippen LogP contribution in [0.15, 0.2) is 16.7 Å². The molecule has 104 valence electrons. The van der Waals surface area contributed by atoms with Crippen LogP contribution in [0.1, 0.15) is 42.6 Å². The van der Waals surface area contributed by atoms with Crippen molar-refractivity contribution in [2.75, 3.05) is 0 Å². The minimum Gasteiger partial charge on any atom is -0.473 e. The molecular weight excluding hydrogens is 254 g/mol. The van der Waals surface area contributed by atoms with Crippen LogP contribution in [-0.4, -0.2) is 22.9 Å². The van der Waals surface area contributed by atoms with E-state index in [4.69, 9.17) is 4.74 Å². The van der Waals surface area contributed by atoms with Crippen LogP contribution < -0.4 is 5.43 Å². The minimum absolute atomic E-state index is 0.187. The highest BCUT2D eigenvalue weighted by Gasteiger charge is 2.31. The first-order valence-corrected chi connectivity index (χ1v) is 7.27. The Hall–Kier alpha value is -2.04. The average molecular weight is 271 g/mol. The summed E-state index contributed by atoms with van der Waals surface area (Å²) >= 11 is 0. The van der Waals surface area contributed by atoms with Gasteiger partial charge in [-0.2, -0.15) is 0 Å². The van der Waals surface area contributed by atoms with Gasteiger partial charge in [0.1, 0.15) is 11.7 Å². The molecule has 0 saturated heterocycles. The van der Waals surface area contributed by atoms with Crippen LogP contribution in [0.2, 0.25) is 0 Å². The van der Waals surface area contributed by atoms with Crippen molar-refractivity contribution in [1.29, 1.82) is 0 Å². The number of nitrogens with one attached hydrogen (secondary N) is 2. The molecule has 0 radical (unpaired) electrons. The van der Waals surface area contributed by atoms with Crippen molar-refractivity contribution >= 4 is 17.9 Å². The van der Waals surface area contributed by atoms with Crippen molar-refractivity contribution in [2.24, 2.45) is 5.10 Å². The number of ether oxygens (including phenoxy) is 1. The van der Waals surface area contributed by atoms with Gasteiger partial charge >= 0.3 is 0 Å². The van der Waals surface area contributed by atoms with Crippen LogP contribution in [0.4, 0.5) is 0 Å². The number of carbonyl (C=O) groups excluding carboxylic acids is 1. The third-order valence-electron chi connectivity index (χ3n) is 3.97. The van der Waals surface area contributed by atoms with Crippen LogP contribution >= 0.6 is 0 Å². The van der Waals surface area contributed by atoms with Crippen LogP contribution in [0.25, 0.3) is 6.08 Å². The Morgan fingerprint density at radius 1 is 1.30 bits per heavy atom. The van der Waals surface area contributed by atoms with Gasteiger partial charge in [-0.05, 0) is 56.2 Å². The predicted molar refractivity (Wildman–Crippen MR) is 75.1 cm³/mol. The number of nitrogens with zero attached hydrogens (tertiary/aromatic N) is 1. The molecule has 1 amide bonds. The summed E-state index contributed by atoms with van der Waals surface area (Å²) in [5, 5.41) is 3.97. The van der Waals surface area contributed by atoms with Gasteiger partial charge in [0.25, 0.3) is 5.91 Å². The molecule has 0 bridgehead atoms. The van der Waals surface area contributed by atoms with Crippen molar-refractivity contribution in [2.45, 2.75) is 44.6 Å². The van der Waals surface area contributed by atoms with Gasteiger partial charge < -0.3 is 9.72 Å². The molecule has 0 atom stereocenters. The number of hydrazone groups is 1. The number of amides is 1. The lowest BCUT2D eigenvalue weighted by Gasteiger charge is -2.08. The predicted octanol–water partition coefficient (Wildman–Crippen LogP) is 1.90. The fourth-order valence-electron chi connectivity index (χ4n) is 2.74. The number of H-pyrrole nitrogens is 1. The second kappa shape index (κ2) is 4.51. The molecule has 1 aliphatic heterocycles.